The van der Waals surface area contributed by atoms with Gasteiger partial charge in [-0.05, 0) is 48.3 Å². The van der Waals surface area contributed by atoms with Gasteiger partial charge in [-0.2, -0.15) is 0 Å². The molecule has 1 N–H and O–H groups in total. The minimum Gasteiger partial charge on any atom is -0.481 e. The lowest BCUT2D eigenvalue weighted by atomic mass is 9.93. The lowest BCUT2D eigenvalue weighted by Gasteiger charge is -2.15. The van der Waals surface area contributed by atoms with E-state index in [0.29, 0.717) is 12.3 Å². The van der Waals surface area contributed by atoms with E-state index in [1.807, 2.05) is 0 Å². The highest BCUT2D eigenvalue weighted by Crippen LogP contribution is 2.34. The van der Waals surface area contributed by atoms with Gasteiger partial charge < -0.3 is 5.11 Å². The number of aromatic nitrogens is 1. The van der Waals surface area contributed by atoms with Crippen molar-refractivity contribution in [1.29, 1.82) is 0 Å². The molecule has 3 rings (SSSR count). The summed E-state index contributed by atoms with van der Waals surface area (Å²) >= 11 is 0. The van der Waals surface area contributed by atoms with Crippen LogP contribution < -0.4 is 0 Å². The Labute approximate surface area is 125 Å². The Hall–Kier alpha value is -1.90. The summed E-state index contributed by atoms with van der Waals surface area (Å²) in [6, 6.07) is 6.32. The standard InChI is InChI=1S/C18H21NO2/c1-11(2)12-5-3-7-15-13(9-10-17(20)21)14-6-4-8-16(14)19-18(12)15/h3,5,7,11H,4,6,8-10H2,1-2H3,(H,20,21). The summed E-state index contributed by atoms with van der Waals surface area (Å²) in [5.41, 5.74) is 6.06. The molecule has 0 amide bonds. The topological polar surface area (TPSA) is 50.2 Å². The highest BCUT2D eigenvalue weighted by molar-refractivity contribution is 5.87. The van der Waals surface area contributed by atoms with Crippen LogP contribution in [0.5, 0.6) is 0 Å². The Balaban J connectivity index is 2.22. The number of carbonyl (C=O) groups is 1. The molecule has 110 valence electrons. The Kier molecular flexibility index (Phi) is 3.66. The zero-order valence-corrected chi connectivity index (χ0v) is 12.6. The van der Waals surface area contributed by atoms with Crippen molar-refractivity contribution in [2.45, 2.75) is 51.9 Å². The molecule has 1 aliphatic carbocycles. The second-order valence-corrected chi connectivity index (χ2v) is 6.16. The molecule has 0 bridgehead atoms. The molecule has 0 aliphatic heterocycles. The quantitative estimate of drug-likeness (QED) is 0.926. The number of pyridine rings is 1. The molecule has 0 unspecified atom stereocenters. The van der Waals surface area contributed by atoms with E-state index in [1.165, 1.54) is 22.4 Å². The summed E-state index contributed by atoms with van der Waals surface area (Å²) < 4.78 is 0. The second-order valence-electron chi connectivity index (χ2n) is 6.16. The first kappa shape index (κ1) is 14.1. The Morgan fingerprint density at radius 3 is 2.86 bits per heavy atom. The lowest BCUT2D eigenvalue weighted by molar-refractivity contribution is -0.136. The molecule has 0 fully saturated rings. The number of rotatable bonds is 4. The van der Waals surface area contributed by atoms with Crippen LogP contribution >= 0.6 is 0 Å². The minimum atomic E-state index is -0.730. The van der Waals surface area contributed by atoms with Gasteiger partial charge in [0, 0.05) is 17.5 Å². The number of aliphatic carboxylic acids is 1. The van der Waals surface area contributed by atoms with Crippen LogP contribution in [0, 0.1) is 0 Å². The molecule has 21 heavy (non-hydrogen) atoms. The average molecular weight is 283 g/mol. The van der Waals surface area contributed by atoms with Crippen molar-refractivity contribution in [1.82, 2.24) is 4.98 Å². The molecular formula is C18H21NO2. The number of hydrogen-bond acceptors (Lipinski definition) is 2. The first-order valence-corrected chi connectivity index (χ1v) is 7.73. The van der Waals surface area contributed by atoms with Gasteiger partial charge in [-0.25, -0.2) is 0 Å². The van der Waals surface area contributed by atoms with E-state index in [0.717, 1.165) is 30.2 Å². The van der Waals surface area contributed by atoms with Crippen LogP contribution in [0.1, 0.15) is 55.0 Å². The fourth-order valence-corrected chi connectivity index (χ4v) is 3.39. The van der Waals surface area contributed by atoms with Gasteiger partial charge in [0.15, 0.2) is 0 Å². The molecule has 1 aromatic heterocycles. The van der Waals surface area contributed by atoms with Crippen molar-refractivity contribution in [3.63, 3.8) is 0 Å². The SMILES string of the molecule is CC(C)c1cccc2c(CCC(=O)O)c3c(nc12)CCC3. The Morgan fingerprint density at radius 2 is 2.14 bits per heavy atom. The summed E-state index contributed by atoms with van der Waals surface area (Å²) in [5.74, 6) is -0.306. The maximum absolute atomic E-state index is 11.0. The predicted molar refractivity (Wildman–Crippen MR) is 83.8 cm³/mol. The van der Waals surface area contributed by atoms with Crippen molar-refractivity contribution in [2.75, 3.05) is 0 Å². The smallest absolute Gasteiger partial charge is 0.303 e. The zero-order chi connectivity index (χ0) is 15.0. The van der Waals surface area contributed by atoms with Crippen molar-refractivity contribution >= 4 is 16.9 Å². The number of benzene rings is 1. The highest BCUT2D eigenvalue weighted by Gasteiger charge is 2.21. The molecule has 1 aliphatic rings. The summed E-state index contributed by atoms with van der Waals surface area (Å²) in [4.78, 5) is 15.9. The third-order valence-corrected chi connectivity index (χ3v) is 4.40. The van der Waals surface area contributed by atoms with Crippen LogP contribution in [0.4, 0.5) is 0 Å². The van der Waals surface area contributed by atoms with Crippen molar-refractivity contribution in [3.05, 3.63) is 40.6 Å². The molecule has 0 atom stereocenters. The molecule has 0 saturated carbocycles. The molecule has 1 aromatic carbocycles. The van der Waals surface area contributed by atoms with Gasteiger partial charge in [-0.3, -0.25) is 9.78 Å². The Morgan fingerprint density at radius 1 is 1.33 bits per heavy atom. The highest BCUT2D eigenvalue weighted by atomic mass is 16.4. The maximum atomic E-state index is 11.0. The molecule has 2 aromatic rings. The number of carboxylic acids is 1. The number of fused-ring (bicyclic) bond motifs is 2. The van der Waals surface area contributed by atoms with Crippen LogP contribution in [-0.4, -0.2) is 16.1 Å². The molecule has 0 radical (unpaired) electrons. The largest absolute Gasteiger partial charge is 0.481 e. The number of aryl methyl sites for hydroxylation is 2. The van der Waals surface area contributed by atoms with Crippen LogP contribution in [-0.2, 0) is 24.1 Å². The van der Waals surface area contributed by atoms with Gasteiger partial charge in [0.25, 0.3) is 0 Å². The second kappa shape index (κ2) is 5.47. The van der Waals surface area contributed by atoms with Crippen molar-refractivity contribution < 1.29 is 9.90 Å². The van der Waals surface area contributed by atoms with E-state index in [1.54, 1.807) is 0 Å². The van der Waals surface area contributed by atoms with Crippen LogP contribution in [0.3, 0.4) is 0 Å². The predicted octanol–water partition coefficient (Wildman–Crippen LogP) is 3.86. The summed E-state index contributed by atoms with van der Waals surface area (Å²) in [7, 11) is 0. The minimum absolute atomic E-state index is 0.192. The van der Waals surface area contributed by atoms with Crippen LogP contribution in [0.25, 0.3) is 10.9 Å². The number of hydrogen-bond donors (Lipinski definition) is 1. The maximum Gasteiger partial charge on any atom is 0.303 e. The van der Waals surface area contributed by atoms with Gasteiger partial charge in [-0.1, -0.05) is 32.0 Å². The summed E-state index contributed by atoms with van der Waals surface area (Å²) in [6.07, 6.45) is 4.00. The van der Waals surface area contributed by atoms with Gasteiger partial charge in [0.1, 0.15) is 0 Å². The normalized spacial score (nSPS) is 13.9. The number of nitrogens with zero attached hydrogens (tertiary/aromatic N) is 1. The molecule has 0 spiro atoms. The van der Waals surface area contributed by atoms with Gasteiger partial charge in [0.05, 0.1) is 5.52 Å². The number of carboxylic acid groups (broad SMARTS) is 1. The summed E-state index contributed by atoms with van der Waals surface area (Å²) in [6.45, 7) is 4.36. The zero-order valence-electron chi connectivity index (χ0n) is 12.6. The monoisotopic (exact) mass is 283 g/mol. The third kappa shape index (κ3) is 2.53. The van der Waals surface area contributed by atoms with E-state index in [-0.39, 0.29) is 6.42 Å². The van der Waals surface area contributed by atoms with Crippen molar-refractivity contribution in [3.8, 4) is 0 Å². The van der Waals surface area contributed by atoms with E-state index < -0.39 is 5.97 Å². The van der Waals surface area contributed by atoms with E-state index in [4.69, 9.17) is 10.1 Å². The average Bonchev–Trinajstić information content (AvgIpc) is 2.90. The van der Waals surface area contributed by atoms with E-state index in [2.05, 4.69) is 32.0 Å². The third-order valence-electron chi connectivity index (χ3n) is 4.40. The molecule has 3 heteroatoms. The molecule has 1 heterocycles. The van der Waals surface area contributed by atoms with Gasteiger partial charge in [0.2, 0.25) is 0 Å². The van der Waals surface area contributed by atoms with Crippen molar-refractivity contribution in [2.24, 2.45) is 0 Å². The van der Waals surface area contributed by atoms with E-state index in [9.17, 15) is 4.79 Å². The summed E-state index contributed by atoms with van der Waals surface area (Å²) in [5, 5.41) is 10.2. The Bertz CT molecular complexity index is 704. The lowest BCUT2D eigenvalue weighted by Crippen LogP contribution is -2.05. The molecular weight excluding hydrogens is 262 g/mol. The van der Waals surface area contributed by atoms with Gasteiger partial charge >= 0.3 is 5.97 Å². The fraction of sp³-hybridized carbons (Fsp3) is 0.444. The first-order valence-electron chi connectivity index (χ1n) is 7.73. The van der Waals surface area contributed by atoms with E-state index >= 15 is 0 Å². The van der Waals surface area contributed by atoms with Gasteiger partial charge in [-0.15, -0.1) is 0 Å². The first-order chi connectivity index (χ1) is 10.1. The van der Waals surface area contributed by atoms with Crippen LogP contribution in [0.2, 0.25) is 0 Å². The van der Waals surface area contributed by atoms with Crippen LogP contribution in [0.15, 0.2) is 18.2 Å². The molecule has 0 saturated heterocycles. The fourth-order valence-electron chi connectivity index (χ4n) is 3.39. The molecule has 3 nitrogen and oxygen atoms in total. The number of para-hydroxylation sites is 1.